The van der Waals surface area contributed by atoms with Crippen molar-refractivity contribution in [1.29, 1.82) is 0 Å². The van der Waals surface area contributed by atoms with Crippen molar-refractivity contribution in [2.75, 3.05) is 6.61 Å². The van der Waals surface area contributed by atoms with Crippen LogP contribution in [0, 0.1) is 0 Å². The summed E-state index contributed by atoms with van der Waals surface area (Å²) in [5.41, 5.74) is -0.513. The Bertz CT molecular complexity index is 587. The molecule has 0 amide bonds. The number of pyridine rings is 1. The summed E-state index contributed by atoms with van der Waals surface area (Å²) >= 11 is 5.89. The van der Waals surface area contributed by atoms with E-state index in [-0.39, 0.29) is 17.2 Å². The fraction of sp³-hybridized carbons (Fsp3) is 0.462. The van der Waals surface area contributed by atoms with E-state index >= 15 is 0 Å². The predicted octanol–water partition coefficient (Wildman–Crippen LogP) is 3.27. The van der Waals surface area contributed by atoms with Gasteiger partial charge in [-0.3, -0.25) is 9.98 Å². The van der Waals surface area contributed by atoms with E-state index in [9.17, 15) is 18.0 Å². The predicted molar refractivity (Wildman–Crippen MR) is 70.4 cm³/mol. The molecule has 0 aromatic carbocycles. The van der Waals surface area contributed by atoms with E-state index in [1.165, 1.54) is 0 Å². The molecule has 1 atom stereocenters. The fourth-order valence-corrected chi connectivity index (χ4v) is 2.23. The second kappa shape index (κ2) is 6.01. The van der Waals surface area contributed by atoms with Gasteiger partial charge in [0.25, 0.3) is 0 Å². The van der Waals surface area contributed by atoms with E-state index in [0.717, 1.165) is 12.3 Å². The van der Waals surface area contributed by atoms with Crippen LogP contribution < -0.4 is 0 Å². The van der Waals surface area contributed by atoms with Gasteiger partial charge in [-0.05, 0) is 25.8 Å². The molecule has 0 spiro atoms. The lowest BCUT2D eigenvalue weighted by atomic mass is 10.1. The number of carbonyl (C=O) groups is 1. The molecule has 0 fully saturated rings. The van der Waals surface area contributed by atoms with Gasteiger partial charge in [0, 0.05) is 17.5 Å². The summed E-state index contributed by atoms with van der Waals surface area (Å²) in [5, 5.41) is 0.0752. The number of rotatable bonds is 3. The number of aliphatic imine (C=N–C) groups is 1. The van der Waals surface area contributed by atoms with Crippen LogP contribution in [0.4, 0.5) is 13.2 Å². The molecule has 1 aromatic rings. The Morgan fingerprint density at radius 2 is 2.24 bits per heavy atom. The standard InChI is InChI=1S/C13H12ClF3N2O2/c1-2-21-12(20)10-4-3-9(19-10)7-5-11(13(15,16)17)18-6-8(7)14/h5-6,10H,2-4H2,1H3. The van der Waals surface area contributed by atoms with Crippen molar-refractivity contribution in [1.82, 2.24) is 4.98 Å². The molecule has 114 valence electrons. The number of carbonyl (C=O) groups excluding carboxylic acids is 1. The Hall–Kier alpha value is -1.63. The first-order valence-corrected chi connectivity index (χ1v) is 6.67. The van der Waals surface area contributed by atoms with Crippen molar-refractivity contribution in [3.8, 4) is 0 Å². The summed E-state index contributed by atoms with van der Waals surface area (Å²) in [6.45, 7) is 1.90. The zero-order chi connectivity index (χ0) is 15.6. The Morgan fingerprint density at radius 1 is 1.52 bits per heavy atom. The van der Waals surface area contributed by atoms with Crippen LogP contribution in [-0.4, -0.2) is 29.3 Å². The summed E-state index contributed by atoms with van der Waals surface area (Å²) in [6.07, 6.45) is -2.85. The maximum Gasteiger partial charge on any atom is 0.433 e. The van der Waals surface area contributed by atoms with Crippen LogP contribution >= 0.6 is 11.6 Å². The molecular weight excluding hydrogens is 309 g/mol. The fourth-order valence-electron chi connectivity index (χ4n) is 2.02. The summed E-state index contributed by atoms with van der Waals surface area (Å²) in [5.74, 6) is -0.478. The molecule has 2 rings (SSSR count). The highest BCUT2D eigenvalue weighted by Crippen LogP contribution is 2.31. The van der Waals surface area contributed by atoms with Gasteiger partial charge in [0.1, 0.15) is 11.7 Å². The van der Waals surface area contributed by atoms with Gasteiger partial charge in [-0.1, -0.05) is 11.6 Å². The minimum absolute atomic E-state index is 0.0752. The summed E-state index contributed by atoms with van der Waals surface area (Å²) < 4.78 is 42.9. The first-order chi connectivity index (χ1) is 9.82. The lowest BCUT2D eigenvalue weighted by Gasteiger charge is -2.09. The molecule has 0 bridgehead atoms. The monoisotopic (exact) mass is 320 g/mol. The van der Waals surface area contributed by atoms with Crippen LogP contribution in [0.15, 0.2) is 17.3 Å². The maximum absolute atomic E-state index is 12.7. The van der Waals surface area contributed by atoms with E-state index < -0.39 is 23.9 Å². The lowest BCUT2D eigenvalue weighted by molar-refractivity contribution is -0.144. The molecule has 0 radical (unpaired) electrons. The molecule has 1 aromatic heterocycles. The highest BCUT2D eigenvalue weighted by atomic mass is 35.5. The molecule has 1 aliphatic heterocycles. The van der Waals surface area contributed by atoms with Crippen LogP contribution in [0.5, 0.6) is 0 Å². The van der Waals surface area contributed by atoms with Crippen molar-refractivity contribution in [3.63, 3.8) is 0 Å². The van der Waals surface area contributed by atoms with Gasteiger partial charge in [0.05, 0.1) is 11.6 Å². The van der Waals surface area contributed by atoms with Gasteiger partial charge < -0.3 is 4.74 Å². The number of aromatic nitrogens is 1. The van der Waals surface area contributed by atoms with Crippen molar-refractivity contribution < 1.29 is 22.7 Å². The number of alkyl halides is 3. The van der Waals surface area contributed by atoms with E-state index in [0.29, 0.717) is 18.6 Å². The van der Waals surface area contributed by atoms with Crippen molar-refractivity contribution in [2.45, 2.75) is 32.0 Å². The zero-order valence-electron chi connectivity index (χ0n) is 11.1. The summed E-state index contributed by atoms with van der Waals surface area (Å²) in [6, 6.07) is 0.174. The molecule has 0 aliphatic carbocycles. The van der Waals surface area contributed by atoms with E-state index in [2.05, 4.69) is 9.98 Å². The largest absolute Gasteiger partial charge is 0.464 e. The SMILES string of the molecule is CCOC(=O)C1CCC(c2cc(C(F)(F)F)ncc2Cl)=N1. The Balaban J connectivity index is 2.30. The number of esters is 1. The third kappa shape index (κ3) is 3.53. The minimum atomic E-state index is -4.56. The van der Waals surface area contributed by atoms with Crippen LogP contribution in [0.2, 0.25) is 5.02 Å². The third-order valence-electron chi connectivity index (χ3n) is 2.98. The van der Waals surface area contributed by atoms with E-state index in [1.807, 2.05) is 0 Å². The van der Waals surface area contributed by atoms with Gasteiger partial charge in [0.15, 0.2) is 0 Å². The molecule has 0 saturated heterocycles. The molecular formula is C13H12ClF3N2O2. The topological polar surface area (TPSA) is 51.5 Å². The smallest absolute Gasteiger partial charge is 0.433 e. The molecule has 21 heavy (non-hydrogen) atoms. The van der Waals surface area contributed by atoms with Crippen molar-refractivity contribution in [3.05, 3.63) is 28.5 Å². The van der Waals surface area contributed by atoms with E-state index in [1.54, 1.807) is 6.92 Å². The van der Waals surface area contributed by atoms with Gasteiger partial charge >= 0.3 is 12.1 Å². The molecule has 8 heteroatoms. The van der Waals surface area contributed by atoms with Crippen molar-refractivity contribution >= 4 is 23.3 Å². The number of hydrogen-bond donors (Lipinski definition) is 0. The average Bonchev–Trinajstić information content (AvgIpc) is 2.87. The number of halogens is 4. The second-order valence-electron chi connectivity index (χ2n) is 4.43. The van der Waals surface area contributed by atoms with Crippen LogP contribution in [0.1, 0.15) is 31.0 Å². The Labute approximate surface area is 124 Å². The average molecular weight is 321 g/mol. The summed E-state index contributed by atoms with van der Waals surface area (Å²) in [4.78, 5) is 19.0. The molecule has 1 unspecified atom stereocenters. The molecule has 2 heterocycles. The molecule has 4 nitrogen and oxygen atoms in total. The maximum atomic E-state index is 12.7. The molecule has 0 saturated carbocycles. The normalized spacial score (nSPS) is 18.5. The van der Waals surface area contributed by atoms with Gasteiger partial charge in [0.2, 0.25) is 0 Å². The van der Waals surface area contributed by atoms with Crippen LogP contribution in [0.3, 0.4) is 0 Å². The van der Waals surface area contributed by atoms with E-state index in [4.69, 9.17) is 16.3 Å². The van der Waals surface area contributed by atoms with Gasteiger partial charge in [-0.15, -0.1) is 0 Å². The first-order valence-electron chi connectivity index (χ1n) is 6.29. The molecule has 1 aliphatic rings. The van der Waals surface area contributed by atoms with Gasteiger partial charge in [-0.2, -0.15) is 13.2 Å². The number of hydrogen-bond acceptors (Lipinski definition) is 4. The quantitative estimate of drug-likeness (QED) is 0.803. The van der Waals surface area contributed by atoms with Crippen LogP contribution in [0.25, 0.3) is 0 Å². The first kappa shape index (κ1) is 15.8. The molecule has 0 N–H and O–H groups in total. The third-order valence-corrected chi connectivity index (χ3v) is 3.28. The number of ether oxygens (including phenoxy) is 1. The number of nitrogens with zero attached hydrogens (tertiary/aromatic N) is 2. The lowest BCUT2D eigenvalue weighted by Crippen LogP contribution is -2.18. The van der Waals surface area contributed by atoms with Crippen molar-refractivity contribution in [2.24, 2.45) is 4.99 Å². The van der Waals surface area contributed by atoms with Crippen LogP contribution in [-0.2, 0) is 15.7 Å². The highest BCUT2D eigenvalue weighted by Gasteiger charge is 2.34. The highest BCUT2D eigenvalue weighted by molar-refractivity contribution is 6.34. The van der Waals surface area contributed by atoms with Gasteiger partial charge in [-0.25, -0.2) is 4.79 Å². The second-order valence-corrected chi connectivity index (χ2v) is 4.84. The summed E-state index contributed by atoms with van der Waals surface area (Å²) in [7, 11) is 0. The zero-order valence-corrected chi connectivity index (χ0v) is 11.8. The Kier molecular flexibility index (Phi) is 4.51. The minimum Gasteiger partial charge on any atom is -0.464 e. The Morgan fingerprint density at radius 3 is 2.86 bits per heavy atom.